The minimum absolute atomic E-state index is 0.450. The normalized spacial score (nSPS) is 28.3. The van der Waals surface area contributed by atoms with E-state index in [9.17, 15) is 13.5 Å². The molecule has 0 radical (unpaired) electrons. The van der Waals surface area contributed by atoms with E-state index in [-0.39, 0.29) is 0 Å². The fourth-order valence-electron chi connectivity index (χ4n) is 2.84. The van der Waals surface area contributed by atoms with Crippen LogP contribution in [0.3, 0.4) is 0 Å². The summed E-state index contributed by atoms with van der Waals surface area (Å²) in [4.78, 5) is 0. The van der Waals surface area contributed by atoms with Crippen LogP contribution in [0.5, 0.6) is 5.75 Å². The molecule has 0 saturated heterocycles. The molecule has 1 aromatic rings. The molecule has 0 bridgehead atoms. The van der Waals surface area contributed by atoms with Crippen molar-refractivity contribution in [2.75, 3.05) is 13.4 Å². The van der Waals surface area contributed by atoms with Gasteiger partial charge in [-0.1, -0.05) is 18.2 Å². The van der Waals surface area contributed by atoms with Gasteiger partial charge in [-0.05, 0) is 25.3 Å². The molecule has 1 aliphatic carbocycles. The van der Waals surface area contributed by atoms with E-state index in [0.717, 1.165) is 0 Å². The highest BCUT2D eigenvalue weighted by molar-refractivity contribution is 7.91. The number of ether oxygens (including phenoxy) is 1. The van der Waals surface area contributed by atoms with E-state index in [4.69, 9.17) is 4.74 Å². The van der Waals surface area contributed by atoms with Crippen LogP contribution in [0.1, 0.15) is 24.8 Å². The maximum absolute atomic E-state index is 11.8. The highest BCUT2D eigenvalue weighted by Gasteiger charge is 2.49. The summed E-state index contributed by atoms with van der Waals surface area (Å²) >= 11 is 0. The second-order valence-electron chi connectivity index (χ2n) is 4.83. The summed E-state index contributed by atoms with van der Waals surface area (Å²) in [5.74, 6) is 0.538. The molecule has 4 nitrogen and oxygen atoms in total. The third-order valence-electron chi connectivity index (χ3n) is 3.65. The van der Waals surface area contributed by atoms with Crippen LogP contribution in [0.25, 0.3) is 0 Å². The Kier molecular flexibility index (Phi) is 3.38. The Morgan fingerprint density at radius 1 is 1.39 bits per heavy atom. The quantitative estimate of drug-likeness (QED) is 0.903. The van der Waals surface area contributed by atoms with Crippen molar-refractivity contribution in [2.24, 2.45) is 0 Å². The van der Waals surface area contributed by atoms with Crippen LogP contribution >= 0.6 is 0 Å². The fourth-order valence-corrected chi connectivity index (χ4v) is 4.38. The highest BCUT2D eigenvalue weighted by Crippen LogP contribution is 2.45. The molecule has 2 unspecified atom stereocenters. The van der Waals surface area contributed by atoms with Crippen molar-refractivity contribution in [3.63, 3.8) is 0 Å². The molecule has 0 aromatic heterocycles. The van der Waals surface area contributed by atoms with E-state index >= 15 is 0 Å². The average molecular weight is 270 g/mol. The predicted octanol–water partition coefficient (Wildman–Crippen LogP) is 1.48. The van der Waals surface area contributed by atoms with Crippen LogP contribution in [0.4, 0.5) is 0 Å². The Labute approximate surface area is 108 Å². The fraction of sp³-hybridized carbons (Fsp3) is 0.538. The number of methoxy groups -OCH3 is 1. The number of benzene rings is 1. The van der Waals surface area contributed by atoms with E-state index < -0.39 is 20.7 Å². The lowest BCUT2D eigenvalue weighted by molar-refractivity contribution is 0.0451. The molecule has 2 rings (SSSR count). The van der Waals surface area contributed by atoms with Gasteiger partial charge in [0.15, 0.2) is 9.84 Å². The van der Waals surface area contributed by atoms with Gasteiger partial charge in [-0.3, -0.25) is 0 Å². The molecule has 1 fully saturated rings. The number of rotatable bonds is 3. The number of aliphatic hydroxyl groups is 1. The summed E-state index contributed by atoms with van der Waals surface area (Å²) in [5, 5.41) is 10.1. The molecule has 1 aliphatic rings. The van der Waals surface area contributed by atoms with Crippen LogP contribution in [0, 0.1) is 0 Å². The number of hydrogen-bond donors (Lipinski definition) is 1. The molecule has 0 aliphatic heterocycles. The minimum atomic E-state index is -3.29. The van der Waals surface area contributed by atoms with Gasteiger partial charge < -0.3 is 9.84 Å². The minimum Gasteiger partial charge on any atom is -0.496 e. The molecule has 0 heterocycles. The molecule has 0 spiro atoms. The number of hydrogen-bond acceptors (Lipinski definition) is 4. The smallest absolute Gasteiger partial charge is 0.153 e. The molecule has 1 aromatic carbocycles. The highest BCUT2D eigenvalue weighted by atomic mass is 32.2. The molecule has 5 heteroatoms. The molecule has 0 amide bonds. The monoisotopic (exact) mass is 270 g/mol. The Balaban J connectivity index is 2.53. The summed E-state index contributed by atoms with van der Waals surface area (Å²) in [6.45, 7) is 0. The maximum atomic E-state index is 11.8. The van der Waals surface area contributed by atoms with E-state index in [1.807, 2.05) is 0 Å². The SMILES string of the molecule is COc1ccccc1C1(O)CCCC1S(C)(=O)=O. The first-order valence-corrected chi connectivity index (χ1v) is 7.90. The lowest BCUT2D eigenvalue weighted by Crippen LogP contribution is -2.39. The molecule has 18 heavy (non-hydrogen) atoms. The molecular formula is C13H18O4S. The third kappa shape index (κ3) is 2.12. The van der Waals surface area contributed by atoms with Crippen LogP contribution in [-0.4, -0.2) is 32.1 Å². The second kappa shape index (κ2) is 4.55. The largest absolute Gasteiger partial charge is 0.496 e. The predicted molar refractivity (Wildman–Crippen MR) is 69.4 cm³/mol. The van der Waals surface area contributed by atoms with Gasteiger partial charge >= 0.3 is 0 Å². The molecule has 2 atom stereocenters. The van der Waals surface area contributed by atoms with Crippen molar-refractivity contribution >= 4 is 9.84 Å². The topological polar surface area (TPSA) is 63.6 Å². The Morgan fingerprint density at radius 3 is 2.67 bits per heavy atom. The van der Waals surface area contributed by atoms with E-state index in [1.54, 1.807) is 24.3 Å². The molecule has 100 valence electrons. The van der Waals surface area contributed by atoms with Gasteiger partial charge in [-0.2, -0.15) is 0 Å². The number of sulfone groups is 1. The zero-order valence-corrected chi connectivity index (χ0v) is 11.4. The van der Waals surface area contributed by atoms with Gasteiger partial charge in [0.05, 0.1) is 12.4 Å². The van der Waals surface area contributed by atoms with Crippen LogP contribution in [0.2, 0.25) is 0 Å². The van der Waals surface area contributed by atoms with Gasteiger partial charge in [0.1, 0.15) is 11.4 Å². The Morgan fingerprint density at radius 2 is 2.06 bits per heavy atom. The average Bonchev–Trinajstić information content (AvgIpc) is 2.72. The Hall–Kier alpha value is -1.07. The summed E-state index contributed by atoms with van der Waals surface area (Å²) < 4.78 is 28.9. The summed E-state index contributed by atoms with van der Waals surface area (Å²) in [5.41, 5.74) is -0.763. The maximum Gasteiger partial charge on any atom is 0.153 e. The second-order valence-corrected chi connectivity index (χ2v) is 7.06. The molecule has 1 saturated carbocycles. The van der Waals surface area contributed by atoms with Crippen molar-refractivity contribution in [1.82, 2.24) is 0 Å². The van der Waals surface area contributed by atoms with Crippen molar-refractivity contribution in [3.8, 4) is 5.75 Å². The molecule has 1 N–H and O–H groups in total. The molecular weight excluding hydrogens is 252 g/mol. The van der Waals surface area contributed by atoms with Gasteiger partial charge in [-0.15, -0.1) is 0 Å². The van der Waals surface area contributed by atoms with E-state index in [2.05, 4.69) is 0 Å². The van der Waals surface area contributed by atoms with E-state index in [0.29, 0.717) is 30.6 Å². The third-order valence-corrected chi connectivity index (χ3v) is 5.31. The standard InChI is InChI=1S/C13H18O4S/c1-17-11-7-4-3-6-10(11)13(14)9-5-8-12(13)18(2,15)16/h3-4,6-7,12,14H,5,8-9H2,1-2H3. The van der Waals surface area contributed by atoms with Crippen LogP contribution < -0.4 is 4.74 Å². The van der Waals surface area contributed by atoms with E-state index in [1.165, 1.54) is 13.4 Å². The summed E-state index contributed by atoms with van der Waals surface area (Å²) in [7, 11) is -1.77. The lowest BCUT2D eigenvalue weighted by atomic mass is 9.91. The van der Waals surface area contributed by atoms with Gasteiger partial charge in [-0.25, -0.2) is 8.42 Å². The summed E-state index contributed by atoms with van der Waals surface area (Å²) in [6, 6.07) is 7.07. The van der Waals surface area contributed by atoms with Crippen molar-refractivity contribution in [3.05, 3.63) is 29.8 Å². The van der Waals surface area contributed by atoms with Gasteiger partial charge in [0, 0.05) is 11.8 Å². The first-order chi connectivity index (χ1) is 8.39. The Bertz CT molecular complexity index is 538. The first kappa shape index (κ1) is 13.4. The summed E-state index contributed by atoms with van der Waals surface area (Å²) in [6.07, 6.45) is 2.83. The van der Waals surface area contributed by atoms with Gasteiger partial charge in [0.25, 0.3) is 0 Å². The van der Waals surface area contributed by atoms with Crippen LogP contribution in [-0.2, 0) is 15.4 Å². The zero-order valence-electron chi connectivity index (χ0n) is 10.6. The number of para-hydroxylation sites is 1. The zero-order chi connectivity index (χ0) is 13.4. The van der Waals surface area contributed by atoms with Crippen molar-refractivity contribution < 1.29 is 18.3 Å². The van der Waals surface area contributed by atoms with Crippen LogP contribution in [0.15, 0.2) is 24.3 Å². The first-order valence-electron chi connectivity index (χ1n) is 5.94. The van der Waals surface area contributed by atoms with Gasteiger partial charge in [0.2, 0.25) is 0 Å². The van der Waals surface area contributed by atoms with Crippen molar-refractivity contribution in [2.45, 2.75) is 30.1 Å². The lowest BCUT2D eigenvalue weighted by Gasteiger charge is -2.30. The van der Waals surface area contributed by atoms with Crippen molar-refractivity contribution in [1.29, 1.82) is 0 Å².